The monoisotopic (exact) mass is 457 g/mol. The second-order valence-corrected chi connectivity index (χ2v) is 8.27. The number of nitriles is 1. The molecular weight excluding hydrogens is 438 g/mol. The molecule has 150 valence electrons. The van der Waals surface area contributed by atoms with Crippen LogP contribution in [0.4, 0.5) is 17.5 Å². The first-order valence-corrected chi connectivity index (χ1v) is 9.92. The van der Waals surface area contributed by atoms with Crippen LogP contribution < -0.4 is 10.6 Å². The highest BCUT2D eigenvalue weighted by atomic mass is 79.9. The molecule has 3 heterocycles. The number of nitrogens with one attached hydrogen (secondary N) is 2. The van der Waals surface area contributed by atoms with E-state index in [4.69, 9.17) is 4.74 Å². The summed E-state index contributed by atoms with van der Waals surface area (Å²) in [6, 6.07) is 7.63. The van der Waals surface area contributed by atoms with E-state index >= 15 is 0 Å². The average Bonchev–Trinajstić information content (AvgIpc) is 3.09. The van der Waals surface area contributed by atoms with E-state index in [0.29, 0.717) is 34.2 Å². The van der Waals surface area contributed by atoms with Crippen LogP contribution in [-0.2, 0) is 4.74 Å². The molecule has 1 aromatic carbocycles. The van der Waals surface area contributed by atoms with Crippen LogP contribution >= 0.6 is 15.9 Å². The quantitative estimate of drug-likeness (QED) is 0.516. The van der Waals surface area contributed by atoms with Gasteiger partial charge in [0.25, 0.3) is 0 Å². The molecule has 2 aromatic heterocycles. The first-order chi connectivity index (χ1) is 13.9. The summed E-state index contributed by atoms with van der Waals surface area (Å²) >= 11 is 3.42. The first kappa shape index (κ1) is 19.6. The van der Waals surface area contributed by atoms with Gasteiger partial charge in [-0.15, -0.1) is 0 Å². The summed E-state index contributed by atoms with van der Waals surface area (Å²) in [5, 5.41) is 25.8. The van der Waals surface area contributed by atoms with Gasteiger partial charge in [-0.05, 0) is 32.0 Å². The van der Waals surface area contributed by atoms with Crippen LogP contribution in [0.15, 0.2) is 29.0 Å². The lowest BCUT2D eigenvalue weighted by atomic mass is 10.0. The van der Waals surface area contributed by atoms with Gasteiger partial charge in [-0.3, -0.25) is 0 Å². The molecule has 9 nitrogen and oxygen atoms in total. The second kappa shape index (κ2) is 7.59. The Balaban J connectivity index is 1.73. The van der Waals surface area contributed by atoms with Crippen LogP contribution in [0.25, 0.3) is 11.2 Å². The molecule has 1 aliphatic heterocycles. The maximum atomic E-state index is 10.3. The van der Waals surface area contributed by atoms with Gasteiger partial charge in [0.2, 0.25) is 5.95 Å². The highest BCUT2D eigenvalue weighted by molar-refractivity contribution is 9.10. The van der Waals surface area contributed by atoms with E-state index in [-0.39, 0.29) is 25.8 Å². The predicted molar refractivity (Wildman–Crippen MR) is 112 cm³/mol. The molecule has 4 rings (SSSR count). The van der Waals surface area contributed by atoms with Crippen LogP contribution in [0.3, 0.4) is 0 Å². The highest BCUT2D eigenvalue weighted by Crippen LogP contribution is 2.28. The number of aromatic nitrogens is 4. The van der Waals surface area contributed by atoms with Crippen molar-refractivity contribution in [1.82, 2.24) is 19.5 Å². The molecule has 0 spiro atoms. The summed E-state index contributed by atoms with van der Waals surface area (Å²) in [7, 11) is 0. The number of imidazole rings is 1. The molecule has 10 heteroatoms. The molecule has 0 bridgehead atoms. The maximum absolute atomic E-state index is 10.3. The molecule has 29 heavy (non-hydrogen) atoms. The zero-order valence-corrected chi connectivity index (χ0v) is 17.6. The van der Waals surface area contributed by atoms with Gasteiger partial charge in [0.1, 0.15) is 5.60 Å². The Hall–Kier alpha value is -2.74. The molecule has 0 saturated carbocycles. The SMILES string of the molecule is CC(C)n1cnc2c(Nc3cc(Br)cc(C#N)c3)nc(NCC3(O)COC3)nc21. The number of halogens is 1. The van der Waals surface area contributed by atoms with Crippen LogP contribution in [-0.4, -0.2) is 50.0 Å². The van der Waals surface area contributed by atoms with Crippen molar-refractivity contribution in [2.75, 3.05) is 30.4 Å². The van der Waals surface area contributed by atoms with E-state index in [2.05, 4.69) is 47.6 Å². The third-order valence-electron chi connectivity index (χ3n) is 4.58. The van der Waals surface area contributed by atoms with Crippen molar-refractivity contribution in [1.29, 1.82) is 5.26 Å². The Morgan fingerprint density at radius 1 is 1.34 bits per heavy atom. The van der Waals surface area contributed by atoms with E-state index in [1.54, 1.807) is 18.5 Å². The van der Waals surface area contributed by atoms with Gasteiger partial charge in [0.05, 0.1) is 37.7 Å². The van der Waals surface area contributed by atoms with E-state index in [0.717, 1.165) is 4.47 Å². The van der Waals surface area contributed by atoms with Gasteiger partial charge in [-0.25, -0.2) is 4.98 Å². The lowest BCUT2D eigenvalue weighted by Crippen LogP contribution is -2.54. The fourth-order valence-electron chi connectivity index (χ4n) is 3.01. The summed E-state index contributed by atoms with van der Waals surface area (Å²) < 4.78 is 7.82. The normalized spacial score (nSPS) is 15.2. The minimum atomic E-state index is -0.907. The van der Waals surface area contributed by atoms with Crippen LogP contribution in [0.1, 0.15) is 25.5 Å². The standard InChI is InChI=1S/C19H20BrN7O2/c1-11(2)27-10-23-15-16(24-14-4-12(6-21)3-13(20)5-14)25-18(26-17(15)27)22-7-19(28)8-29-9-19/h3-5,10-11,28H,7-9H2,1-2H3,(H2,22,24,25,26). The predicted octanol–water partition coefficient (Wildman–Crippen LogP) is 2.96. The Labute approximate surface area is 175 Å². The first-order valence-electron chi connectivity index (χ1n) is 9.13. The fourth-order valence-corrected chi connectivity index (χ4v) is 3.50. The number of anilines is 3. The van der Waals surface area contributed by atoms with Crippen LogP contribution in [0.2, 0.25) is 0 Å². The third kappa shape index (κ3) is 4.03. The van der Waals surface area contributed by atoms with Gasteiger partial charge < -0.3 is 25.0 Å². The van der Waals surface area contributed by atoms with E-state index in [9.17, 15) is 10.4 Å². The Kier molecular flexibility index (Phi) is 5.12. The molecular formula is C19H20BrN7O2. The molecule has 3 aromatic rings. The molecule has 0 aliphatic carbocycles. The largest absolute Gasteiger partial charge is 0.383 e. The molecule has 1 saturated heterocycles. The van der Waals surface area contributed by atoms with Crippen LogP contribution in [0, 0.1) is 11.3 Å². The number of benzene rings is 1. The van der Waals surface area contributed by atoms with Crippen molar-refractivity contribution in [2.45, 2.75) is 25.5 Å². The molecule has 1 fully saturated rings. The molecule has 1 aliphatic rings. The summed E-state index contributed by atoms with van der Waals surface area (Å²) in [6.45, 7) is 4.94. The Bertz CT molecular complexity index is 1100. The summed E-state index contributed by atoms with van der Waals surface area (Å²) in [5.41, 5.74) is 1.61. The minimum Gasteiger partial charge on any atom is -0.383 e. The number of hydrogen-bond acceptors (Lipinski definition) is 8. The topological polar surface area (TPSA) is 121 Å². The molecule has 0 radical (unpaired) electrons. The Morgan fingerprint density at radius 2 is 2.14 bits per heavy atom. The zero-order chi connectivity index (χ0) is 20.6. The third-order valence-corrected chi connectivity index (χ3v) is 5.04. The summed E-state index contributed by atoms with van der Waals surface area (Å²) in [6.07, 6.45) is 1.73. The number of ether oxygens (including phenoxy) is 1. The fraction of sp³-hybridized carbons (Fsp3) is 0.368. The zero-order valence-electron chi connectivity index (χ0n) is 16.0. The van der Waals surface area contributed by atoms with Crippen molar-refractivity contribution >= 4 is 44.5 Å². The van der Waals surface area contributed by atoms with Crippen molar-refractivity contribution in [2.24, 2.45) is 0 Å². The second-order valence-electron chi connectivity index (χ2n) is 7.35. The molecule has 0 amide bonds. The molecule has 3 N–H and O–H groups in total. The molecule has 0 unspecified atom stereocenters. The highest BCUT2D eigenvalue weighted by Gasteiger charge is 2.36. The van der Waals surface area contributed by atoms with Crippen molar-refractivity contribution in [3.63, 3.8) is 0 Å². The van der Waals surface area contributed by atoms with Gasteiger partial charge >= 0.3 is 0 Å². The van der Waals surface area contributed by atoms with Crippen molar-refractivity contribution in [3.05, 3.63) is 34.6 Å². The maximum Gasteiger partial charge on any atom is 0.226 e. The van der Waals surface area contributed by atoms with Crippen molar-refractivity contribution < 1.29 is 9.84 Å². The number of nitrogens with zero attached hydrogens (tertiary/aromatic N) is 5. The van der Waals surface area contributed by atoms with E-state index in [1.807, 2.05) is 24.5 Å². The van der Waals surface area contributed by atoms with E-state index < -0.39 is 5.60 Å². The van der Waals surface area contributed by atoms with Crippen LogP contribution in [0.5, 0.6) is 0 Å². The Morgan fingerprint density at radius 3 is 2.79 bits per heavy atom. The van der Waals surface area contributed by atoms with E-state index in [1.165, 1.54) is 0 Å². The van der Waals surface area contributed by atoms with Gasteiger partial charge in [-0.2, -0.15) is 15.2 Å². The summed E-state index contributed by atoms with van der Waals surface area (Å²) in [4.78, 5) is 13.6. The lowest BCUT2D eigenvalue weighted by Gasteiger charge is -2.36. The smallest absolute Gasteiger partial charge is 0.226 e. The average molecular weight is 458 g/mol. The minimum absolute atomic E-state index is 0.163. The molecule has 0 atom stereocenters. The van der Waals surface area contributed by atoms with Gasteiger partial charge in [0.15, 0.2) is 17.0 Å². The number of hydrogen-bond donors (Lipinski definition) is 3. The summed E-state index contributed by atoms with van der Waals surface area (Å²) in [5.74, 6) is 0.883. The number of aliphatic hydroxyl groups is 1. The van der Waals surface area contributed by atoms with Crippen molar-refractivity contribution in [3.8, 4) is 6.07 Å². The van der Waals surface area contributed by atoms with Gasteiger partial charge in [-0.1, -0.05) is 15.9 Å². The lowest BCUT2D eigenvalue weighted by molar-refractivity contribution is -0.168. The number of fused-ring (bicyclic) bond motifs is 1. The number of rotatable bonds is 6. The van der Waals surface area contributed by atoms with Gasteiger partial charge in [0, 0.05) is 16.2 Å².